The molecule has 0 radical (unpaired) electrons. The average Bonchev–Trinajstić information content (AvgIpc) is 3.33. The molecule has 4 rings (SSSR count). The Balaban J connectivity index is 1.39. The van der Waals surface area contributed by atoms with Crippen LogP contribution < -0.4 is 0 Å². The minimum atomic E-state index is -0.710. The second-order valence-electron chi connectivity index (χ2n) is 8.77. The highest BCUT2D eigenvalue weighted by Gasteiger charge is 2.57. The Morgan fingerprint density at radius 2 is 1.93 bits per heavy atom. The van der Waals surface area contributed by atoms with E-state index in [1.807, 2.05) is 18.2 Å². The molecule has 3 atom stereocenters. The molecule has 30 heavy (non-hydrogen) atoms. The number of benzene rings is 1. The van der Waals surface area contributed by atoms with E-state index in [1.54, 1.807) is 32.9 Å². The third-order valence-corrected chi connectivity index (χ3v) is 5.76. The van der Waals surface area contributed by atoms with E-state index in [0.29, 0.717) is 17.9 Å². The number of pyridine rings is 1. The number of carbonyl (C=O) groups is 3. The van der Waals surface area contributed by atoms with Crippen LogP contribution in [-0.2, 0) is 14.3 Å². The van der Waals surface area contributed by atoms with E-state index in [2.05, 4.69) is 20.9 Å². The van der Waals surface area contributed by atoms with Gasteiger partial charge in [-0.1, -0.05) is 22.0 Å². The fourth-order valence-electron chi connectivity index (χ4n) is 3.80. The summed E-state index contributed by atoms with van der Waals surface area (Å²) < 4.78 is 11.6. The molecule has 1 aromatic heterocycles. The first kappa shape index (κ1) is 20.8. The molecule has 8 heteroatoms. The van der Waals surface area contributed by atoms with Crippen LogP contribution in [-0.4, -0.2) is 52.0 Å². The zero-order valence-corrected chi connectivity index (χ0v) is 18.6. The van der Waals surface area contributed by atoms with E-state index in [0.717, 1.165) is 16.3 Å². The Labute approximate surface area is 182 Å². The van der Waals surface area contributed by atoms with Crippen molar-refractivity contribution in [1.29, 1.82) is 0 Å². The molecule has 7 nitrogen and oxygen atoms in total. The van der Waals surface area contributed by atoms with Gasteiger partial charge in [0.25, 0.3) is 0 Å². The molecule has 2 heterocycles. The number of carbonyl (C=O) groups excluding carboxylic acids is 3. The van der Waals surface area contributed by atoms with E-state index in [-0.39, 0.29) is 17.5 Å². The van der Waals surface area contributed by atoms with Crippen LogP contribution in [0.5, 0.6) is 0 Å². The normalized spacial score (nSPS) is 22.5. The molecule has 0 bridgehead atoms. The summed E-state index contributed by atoms with van der Waals surface area (Å²) in [7, 11) is 0. The van der Waals surface area contributed by atoms with E-state index in [4.69, 9.17) is 9.47 Å². The van der Waals surface area contributed by atoms with Gasteiger partial charge in [-0.15, -0.1) is 0 Å². The minimum absolute atomic E-state index is 0.0228. The van der Waals surface area contributed by atoms with Crippen molar-refractivity contribution in [2.45, 2.75) is 51.3 Å². The van der Waals surface area contributed by atoms with Crippen molar-refractivity contribution in [3.05, 3.63) is 40.5 Å². The molecule has 0 N–H and O–H groups in total. The number of aromatic nitrogens is 1. The predicted molar refractivity (Wildman–Crippen MR) is 113 cm³/mol. The summed E-state index contributed by atoms with van der Waals surface area (Å²) in [5.41, 5.74) is 0.268. The highest BCUT2D eigenvalue weighted by Crippen LogP contribution is 2.48. The van der Waals surface area contributed by atoms with Crippen molar-refractivity contribution in [3.63, 3.8) is 0 Å². The molecule has 1 saturated heterocycles. The lowest BCUT2D eigenvalue weighted by Crippen LogP contribution is -2.46. The second-order valence-corrected chi connectivity index (χ2v) is 9.68. The molecule has 1 aliphatic carbocycles. The monoisotopic (exact) mass is 474 g/mol. The molecular weight excluding hydrogens is 452 g/mol. The summed E-state index contributed by atoms with van der Waals surface area (Å²) in [5, 5.41) is 0.899. The standard InChI is InChI=1S/C22H23BrN2O5/c1-22(2,3)30-21(28)25-17-9-13(17)10-18(25)20(27)29-11-19(26)16-6-4-12-8-14(23)5-7-15(12)24-16/h4-8,13,17-18H,9-11H2,1-3H3/t13?,17-,18+/m1/s1. The fraction of sp³-hybridized carbons (Fsp3) is 0.455. The van der Waals surface area contributed by atoms with Crippen molar-refractivity contribution < 1.29 is 23.9 Å². The molecule has 1 aromatic carbocycles. The first-order chi connectivity index (χ1) is 14.1. The van der Waals surface area contributed by atoms with E-state index in [1.165, 1.54) is 4.90 Å². The average molecular weight is 475 g/mol. The number of halogens is 1. The van der Waals surface area contributed by atoms with Crippen molar-refractivity contribution in [1.82, 2.24) is 9.88 Å². The van der Waals surface area contributed by atoms with Gasteiger partial charge in [-0.05, 0) is 63.8 Å². The van der Waals surface area contributed by atoms with Gasteiger partial charge in [0.2, 0.25) is 5.78 Å². The van der Waals surface area contributed by atoms with E-state index < -0.39 is 30.3 Å². The largest absolute Gasteiger partial charge is 0.456 e. The van der Waals surface area contributed by atoms with Crippen LogP contribution in [0.1, 0.15) is 44.1 Å². The lowest BCUT2D eigenvalue weighted by Gasteiger charge is -2.29. The Morgan fingerprint density at radius 3 is 2.67 bits per heavy atom. The Kier molecular flexibility index (Phi) is 5.30. The summed E-state index contributed by atoms with van der Waals surface area (Å²) in [4.78, 5) is 43.5. The Hall–Kier alpha value is -2.48. The van der Waals surface area contributed by atoms with Crippen LogP contribution in [0.25, 0.3) is 10.9 Å². The molecule has 1 saturated carbocycles. The number of esters is 1. The van der Waals surface area contributed by atoms with Gasteiger partial charge >= 0.3 is 12.1 Å². The molecule has 2 aliphatic rings. The van der Waals surface area contributed by atoms with Gasteiger partial charge in [0, 0.05) is 15.9 Å². The quantitative estimate of drug-likeness (QED) is 0.489. The Bertz CT molecular complexity index is 1030. The number of nitrogens with zero attached hydrogens (tertiary/aromatic N) is 2. The van der Waals surface area contributed by atoms with Crippen LogP contribution in [0.15, 0.2) is 34.8 Å². The second kappa shape index (κ2) is 7.65. The van der Waals surface area contributed by atoms with Gasteiger partial charge in [-0.25, -0.2) is 14.6 Å². The number of hydrogen-bond acceptors (Lipinski definition) is 6. The topological polar surface area (TPSA) is 85.8 Å². The number of piperidine rings is 1. The maximum atomic E-state index is 12.6. The number of likely N-dealkylation sites (tertiary alicyclic amines) is 1. The molecule has 1 aliphatic heterocycles. The highest BCUT2D eigenvalue weighted by atomic mass is 79.9. The van der Waals surface area contributed by atoms with Crippen molar-refractivity contribution in [3.8, 4) is 0 Å². The molecule has 2 aromatic rings. The van der Waals surface area contributed by atoms with E-state index in [9.17, 15) is 14.4 Å². The highest BCUT2D eigenvalue weighted by molar-refractivity contribution is 9.10. The van der Waals surface area contributed by atoms with E-state index >= 15 is 0 Å². The predicted octanol–water partition coefficient (Wildman–Crippen LogP) is 4.12. The van der Waals surface area contributed by atoms with Crippen molar-refractivity contribution in [2.75, 3.05) is 6.61 Å². The maximum absolute atomic E-state index is 12.6. The summed E-state index contributed by atoms with van der Waals surface area (Å²) >= 11 is 3.40. The third kappa shape index (κ3) is 4.33. The molecule has 2 fully saturated rings. The van der Waals surface area contributed by atoms with Crippen LogP contribution in [0.3, 0.4) is 0 Å². The smallest absolute Gasteiger partial charge is 0.411 e. The first-order valence-electron chi connectivity index (χ1n) is 9.90. The van der Waals surface area contributed by atoms with Crippen molar-refractivity contribution in [2.24, 2.45) is 5.92 Å². The van der Waals surface area contributed by atoms with Crippen LogP contribution in [0.4, 0.5) is 4.79 Å². The number of amides is 1. The summed E-state index contributed by atoms with van der Waals surface area (Å²) in [6, 6.07) is 8.30. The van der Waals surface area contributed by atoms with Gasteiger partial charge in [-0.2, -0.15) is 0 Å². The van der Waals surface area contributed by atoms with Gasteiger partial charge in [0.1, 0.15) is 17.3 Å². The number of rotatable bonds is 4. The molecule has 0 spiro atoms. The summed E-state index contributed by atoms with van der Waals surface area (Å²) in [6.07, 6.45) is 0.905. The number of ketones is 1. The fourth-order valence-corrected chi connectivity index (χ4v) is 4.18. The minimum Gasteiger partial charge on any atom is -0.456 e. The van der Waals surface area contributed by atoms with Gasteiger partial charge < -0.3 is 9.47 Å². The number of hydrogen-bond donors (Lipinski definition) is 0. The SMILES string of the molecule is CC(C)(C)OC(=O)N1[C@@H]2CC2C[C@H]1C(=O)OCC(=O)c1ccc2cc(Br)ccc2n1. The third-order valence-electron chi connectivity index (χ3n) is 5.26. The lowest BCUT2D eigenvalue weighted by atomic mass is 10.1. The van der Waals surface area contributed by atoms with Crippen LogP contribution in [0, 0.1) is 5.92 Å². The zero-order chi connectivity index (χ0) is 21.6. The van der Waals surface area contributed by atoms with Crippen molar-refractivity contribution >= 4 is 44.7 Å². The zero-order valence-electron chi connectivity index (χ0n) is 17.1. The Morgan fingerprint density at radius 1 is 1.17 bits per heavy atom. The number of ether oxygens (including phenoxy) is 2. The lowest BCUT2D eigenvalue weighted by molar-refractivity contribution is -0.148. The molecule has 1 amide bonds. The number of Topliss-reactive ketones (excluding diaryl/α,β-unsaturated/α-hetero) is 1. The molecule has 1 unspecified atom stereocenters. The van der Waals surface area contributed by atoms with Crippen LogP contribution >= 0.6 is 15.9 Å². The van der Waals surface area contributed by atoms with Crippen LogP contribution in [0.2, 0.25) is 0 Å². The van der Waals surface area contributed by atoms with Gasteiger partial charge in [0.05, 0.1) is 5.52 Å². The summed E-state index contributed by atoms with van der Waals surface area (Å²) in [5.74, 6) is -0.668. The molecule has 158 valence electrons. The molecular formula is C22H23BrN2O5. The first-order valence-corrected chi connectivity index (χ1v) is 10.7. The van der Waals surface area contributed by atoms with Gasteiger partial charge in [-0.3, -0.25) is 9.69 Å². The number of fused-ring (bicyclic) bond motifs is 2. The summed E-state index contributed by atoms with van der Waals surface area (Å²) in [6.45, 7) is 4.94. The van der Waals surface area contributed by atoms with Gasteiger partial charge in [0.15, 0.2) is 6.61 Å². The maximum Gasteiger partial charge on any atom is 0.411 e.